The van der Waals surface area contributed by atoms with Crippen molar-refractivity contribution in [2.24, 2.45) is 0 Å². The van der Waals surface area contributed by atoms with Gasteiger partial charge in [-0.2, -0.15) is 4.31 Å². The molecular formula is C12H17ClN2O2S. The molecule has 100 valence electrons. The minimum Gasteiger partial charge on any atom is -0.397 e. The van der Waals surface area contributed by atoms with E-state index < -0.39 is 10.0 Å². The molecule has 1 aromatic rings. The molecule has 1 atom stereocenters. The summed E-state index contributed by atoms with van der Waals surface area (Å²) in [5.41, 5.74) is 5.96. The second kappa shape index (κ2) is 5.07. The van der Waals surface area contributed by atoms with Gasteiger partial charge in [-0.15, -0.1) is 0 Å². The van der Waals surface area contributed by atoms with Crippen LogP contribution in [-0.4, -0.2) is 25.3 Å². The zero-order valence-electron chi connectivity index (χ0n) is 10.3. The zero-order valence-corrected chi connectivity index (χ0v) is 11.8. The third-order valence-corrected chi connectivity index (χ3v) is 5.67. The Bertz CT molecular complexity index is 545. The predicted octanol–water partition coefficient (Wildman–Crippen LogP) is 2.49. The molecule has 0 aliphatic carbocycles. The van der Waals surface area contributed by atoms with Crippen LogP contribution in [0.15, 0.2) is 23.1 Å². The van der Waals surface area contributed by atoms with E-state index in [-0.39, 0.29) is 10.9 Å². The number of rotatable bonds is 2. The molecule has 1 fully saturated rings. The van der Waals surface area contributed by atoms with E-state index in [1.54, 1.807) is 4.31 Å². The van der Waals surface area contributed by atoms with Crippen molar-refractivity contribution in [1.82, 2.24) is 4.31 Å². The molecule has 1 saturated heterocycles. The van der Waals surface area contributed by atoms with Gasteiger partial charge >= 0.3 is 0 Å². The molecule has 1 aliphatic heterocycles. The van der Waals surface area contributed by atoms with E-state index in [0.29, 0.717) is 17.3 Å². The van der Waals surface area contributed by atoms with Crippen molar-refractivity contribution >= 4 is 27.3 Å². The van der Waals surface area contributed by atoms with E-state index in [1.165, 1.54) is 18.2 Å². The van der Waals surface area contributed by atoms with E-state index in [2.05, 4.69) is 0 Å². The molecule has 4 nitrogen and oxygen atoms in total. The summed E-state index contributed by atoms with van der Waals surface area (Å²) in [6.07, 6.45) is 2.89. The first-order chi connectivity index (χ1) is 8.43. The second-order valence-corrected chi connectivity index (χ2v) is 6.94. The van der Waals surface area contributed by atoms with Gasteiger partial charge in [0.05, 0.1) is 15.6 Å². The highest BCUT2D eigenvalue weighted by atomic mass is 35.5. The van der Waals surface area contributed by atoms with Gasteiger partial charge < -0.3 is 5.73 Å². The molecule has 0 bridgehead atoms. The monoisotopic (exact) mass is 288 g/mol. The van der Waals surface area contributed by atoms with Crippen LogP contribution in [0.1, 0.15) is 26.2 Å². The van der Waals surface area contributed by atoms with Crippen molar-refractivity contribution in [3.05, 3.63) is 23.2 Å². The molecule has 1 heterocycles. The molecule has 0 saturated carbocycles. The van der Waals surface area contributed by atoms with Gasteiger partial charge in [-0.25, -0.2) is 8.42 Å². The average Bonchev–Trinajstić information content (AvgIpc) is 2.33. The van der Waals surface area contributed by atoms with Crippen molar-refractivity contribution in [3.8, 4) is 0 Å². The van der Waals surface area contributed by atoms with Gasteiger partial charge in [-0.05, 0) is 38.0 Å². The maximum Gasteiger partial charge on any atom is 0.243 e. The smallest absolute Gasteiger partial charge is 0.243 e. The summed E-state index contributed by atoms with van der Waals surface area (Å²) >= 11 is 5.81. The molecular weight excluding hydrogens is 272 g/mol. The number of piperidine rings is 1. The molecule has 2 rings (SSSR count). The first kappa shape index (κ1) is 13.6. The lowest BCUT2D eigenvalue weighted by atomic mass is 10.1. The van der Waals surface area contributed by atoms with E-state index in [1.807, 2.05) is 6.92 Å². The van der Waals surface area contributed by atoms with Gasteiger partial charge in [-0.1, -0.05) is 18.0 Å². The number of sulfonamides is 1. The van der Waals surface area contributed by atoms with E-state index in [0.717, 1.165) is 19.3 Å². The summed E-state index contributed by atoms with van der Waals surface area (Å²) in [4.78, 5) is 0.221. The van der Waals surface area contributed by atoms with Crippen molar-refractivity contribution in [1.29, 1.82) is 0 Å². The number of nitrogens with two attached hydrogens (primary N) is 1. The Morgan fingerprint density at radius 3 is 2.72 bits per heavy atom. The van der Waals surface area contributed by atoms with Crippen molar-refractivity contribution in [2.45, 2.75) is 37.1 Å². The second-order valence-electron chi connectivity index (χ2n) is 4.64. The fourth-order valence-electron chi connectivity index (χ4n) is 2.25. The Labute approximate surface area is 113 Å². The molecule has 0 aromatic heterocycles. The molecule has 1 aromatic carbocycles. The van der Waals surface area contributed by atoms with Crippen LogP contribution in [0.4, 0.5) is 5.69 Å². The fourth-order valence-corrected chi connectivity index (χ4v) is 4.10. The maximum absolute atomic E-state index is 12.5. The van der Waals surface area contributed by atoms with Gasteiger partial charge in [0.2, 0.25) is 10.0 Å². The number of hydrogen-bond acceptors (Lipinski definition) is 3. The lowest BCUT2D eigenvalue weighted by Gasteiger charge is -2.32. The molecule has 0 radical (unpaired) electrons. The highest BCUT2D eigenvalue weighted by Gasteiger charge is 2.31. The summed E-state index contributed by atoms with van der Waals surface area (Å²) in [7, 11) is -3.46. The van der Waals surface area contributed by atoms with Crippen LogP contribution in [0, 0.1) is 0 Å². The summed E-state index contributed by atoms with van der Waals surface area (Å²) in [6.45, 7) is 2.52. The van der Waals surface area contributed by atoms with Crippen LogP contribution in [0.3, 0.4) is 0 Å². The minimum atomic E-state index is -3.46. The minimum absolute atomic E-state index is 0.0423. The predicted molar refractivity (Wildman–Crippen MR) is 73.1 cm³/mol. The number of nitrogens with zero attached hydrogens (tertiary/aromatic N) is 1. The molecule has 6 heteroatoms. The molecule has 1 aliphatic rings. The molecule has 1 unspecified atom stereocenters. The Kier molecular flexibility index (Phi) is 3.84. The fraction of sp³-hybridized carbons (Fsp3) is 0.500. The topological polar surface area (TPSA) is 63.4 Å². The van der Waals surface area contributed by atoms with Gasteiger partial charge in [0.25, 0.3) is 0 Å². The van der Waals surface area contributed by atoms with Crippen molar-refractivity contribution in [3.63, 3.8) is 0 Å². The lowest BCUT2D eigenvalue weighted by molar-refractivity contribution is 0.268. The van der Waals surface area contributed by atoms with Gasteiger partial charge in [-0.3, -0.25) is 0 Å². The van der Waals surface area contributed by atoms with Crippen molar-refractivity contribution in [2.75, 3.05) is 12.3 Å². The lowest BCUT2D eigenvalue weighted by Crippen LogP contribution is -2.41. The standard InChI is InChI=1S/C12H17ClN2O2S/c1-9-4-2-3-7-15(9)18(16,17)10-5-6-11(13)12(14)8-10/h5-6,8-9H,2-4,7,14H2,1H3. The number of hydrogen-bond donors (Lipinski definition) is 1. The Balaban J connectivity index is 2.37. The number of anilines is 1. The van der Waals surface area contributed by atoms with Gasteiger partial charge in [0.15, 0.2) is 0 Å². The van der Waals surface area contributed by atoms with Crippen LogP contribution in [-0.2, 0) is 10.0 Å². The molecule has 0 amide bonds. The first-order valence-corrected chi connectivity index (χ1v) is 7.81. The van der Waals surface area contributed by atoms with Crippen LogP contribution in [0.2, 0.25) is 5.02 Å². The Morgan fingerprint density at radius 2 is 2.11 bits per heavy atom. The average molecular weight is 289 g/mol. The van der Waals surface area contributed by atoms with Crippen LogP contribution < -0.4 is 5.73 Å². The third kappa shape index (κ3) is 2.48. The molecule has 0 spiro atoms. The van der Waals surface area contributed by atoms with Gasteiger partial charge in [0, 0.05) is 12.6 Å². The Morgan fingerprint density at radius 1 is 1.39 bits per heavy atom. The van der Waals surface area contributed by atoms with Crippen molar-refractivity contribution < 1.29 is 8.42 Å². The molecule has 18 heavy (non-hydrogen) atoms. The van der Waals surface area contributed by atoms with Gasteiger partial charge in [0.1, 0.15) is 0 Å². The van der Waals surface area contributed by atoms with E-state index in [4.69, 9.17) is 17.3 Å². The number of halogens is 1. The largest absolute Gasteiger partial charge is 0.397 e. The third-order valence-electron chi connectivity index (χ3n) is 3.32. The van der Waals surface area contributed by atoms with Crippen LogP contribution in [0.25, 0.3) is 0 Å². The maximum atomic E-state index is 12.5. The highest BCUT2D eigenvalue weighted by Crippen LogP contribution is 2.28. The van der Waals surface area contributed by atoms with Crippen LogP contribution >= 0.6 is 11.6 Å². The SMILES string of the molecule is CC1CCCCN1S(=O)(=O)c1ccc(Cl)c(N)c1. The summed E-state index contributed by atoms with van der Waals surface area (Å²) < 4.78 is 26.5. The highest BCUT2D eigenvalue weighted by molar-refractivity contribution is 7.89. The molecule has 2 N–H and O–H groups in total. The first-order valence-electron chi connectivity index (χ1n) is 6.00. The normalized spacial score (nSPS) is 22.0. The summed E-state index contributed by atoms with van der Waals surface area (Å²) in [5.74, 6) is 0. The number of benzene rings is 1. The number of nitrogen functional groups attached to an aromatic ring is 1. The zero-order chi connectivity index (χ0) is 13.3. The Hall–Kier alpha value is -0.780. The van der Waals surface area contributed by atoms with Crippen LogP contribution in [0.5, 0.6) is 0 Å². The summed E-state index contributed by atoms with van der Waals surface area (Å²) in [5, 5.41) is 0.376. The van der Waals surface area contributed by atoms with E-state index in [9.17, 15) is 8.42 Å². The van der Waals surface area contributed by atoms with E-state index >= 15 is 0 Å². The summed E-state index contributed by atoms with van der Waals surface area (Å²) in [6, 6.07) is 4.51. The quantitative estimate of drug-likeness (QED) is 0.851.